The number of benzene rings is 1. The Balaban J connectivity index is 2.17. The molecule has 0 bridgehead atoms. The van der Waals surface area contributed by atoms with Crippen molar-refractivity contribution in [1.29, 1.82) is 0 Å². The third kappa shape index (κ3) is 6.82. The number of aliphatic hydroxyl groups is 1. The van der Waals surface area contributed by atoms with Gasteiger partial charge in [-0.1, -0.05) is 12.1 Å². The molecule has 0 aromatic heterocycles. The molecule has 116 valence electrons. The summed E-state index contributed by atoms with van der Waals surface area (Å²) in [5, 5.41) is 13.5. The van der Waals surface area contributed by atoms with Gasteiger partial charge in [0.1, 0.15) is 5.82 Å². The molecule has 2 amide bonds. The Morgan fingerprint density at radius 2 is 1.90 bits per heavy atom. The first kappa shape index (κ1) is 17.1. The largest absolute Gasteiger partial charge is 0.394 e. The van der Waals surface area contributed by atoms with Crippen LogP contribution in [0.15, 0.2) is 24.3 Å². The van der Waals surface area contributed by atoms with Gasteiger partial charge in [-0.15, -0.1) is 0 Å². The number of hydrogen-bond acceptors (Lipinski definition) is 4. The Morgan fingerprint density at radius 1 is 1.14 bits per heavy atom. The molecule has 0 radical (unpaired) electrons. The van der Waals surface area contributed by atoms with E-state index in [0.717, 1.165) is 0 Å². The van der Waals surface area contributed by atoms with Crippen LogP contribution in [0, 0.1) is 5.82 Å². The van der Waals surface area contributed by atoms with E-state index < -0.39 is 11.7 Å². The Labute approximate surface area is 122 Å². The number of halogens is 1. The maximum absolute atomic E-state index is 13.3. The summed E-state index contributed by atoms with van der Waals surface area (Å²) in [7, 11) is 0. The van der Waals surface area contributed by atoms with E-state index in [1.54, 1.807) is 6.07 Å². The zero-order chi connectivity index (χ0) is 15.5. The van der Waals surface area contributed by atoms with Gasteiger partial charge in [0.2, 0.25) is 5.91 Å². The van der Waals surface area contributed by atoms with Crippen molar-refractivity contribution in [2.24, 2.45) is 0 Å². The van der Waals surface area contributed by atoms with Crippen LogP contribution in [0.4, 0.5) is 4.39 Å². The van der Waals surface area contributed by atoms with Crippen LogP contribution in [0.2, 0.25) is 0 Å². The molecule has 1 aromatic carbocycles. The van der Waals surface area contributed by atoms with E-state index in [1.807, 2.05) is 0 Å². The standard InChI is InChI=1S/C14H19FN2O4/c15-12-4-2-1-3-11(12)14(20)17-6-5-13(19)16-7-9-21-10-8-18/h1-4,18H,5-10H2,(H,16,19)(H,17,20). The number of ether oxygens (including phenoxy) is 1. The summed E-state index contributed by atoms with van der Waals surface area (Å²) in [6.45, 7) is 0.940. The zero-order valence-electron chi connectivity index (χ0n) is 11.6. The minimum absolute atomic E-state index is 0.0460. The topological polar surface area (TPSA) is 87.7 Å². The molecule has 0 unspecified atom stereocenters. The highest BCUT2D eigenvalue weighted by atomic mass is 19.1. The van der Waals surface area contributed by atoms with Gasteiger partial charge in [0.15, 0.2) is 0 Å². The first-order valence-corrected chi connectivity index (χ1v) is 6.63. The summed E-state index contributed by atoms with van der Waals surface area (Å²) in [4.78, 5) is 23.1. The molecule has 1 aromatic rings. The number of aliphatic hydroxyl groups excluding tert-OH is 1. The van der Waals surface area contributed by atoms with E-state index in [2.05, 4.69) is 10.6 Å². The van der Waals surface area contributed by atoms with Gasteiger partial charge in [0.05, 0.1) is 25.4 Å². The van der Waals surface area contributed by atoms with Crippen molar-refractivity contribution < 1.29 is 23.8 Å². The fourth-order valence-electron chi connectivity index (χ4n) is 1.55. The third-order valence-electron chi connectivity index (χ3n) is 2.56. The lowest BCUT2D eigenvalue weighted by molar-refractivity contribution is -0.121. The fourth-order valence-corrected chi connectivity index (χ4v) is 1.55. The average Bonchev–Trinajstić information content (AvgIpc) is 2.47. The van der Waals surface area contributed by atoms with Crippen LogP contribution in [0.3, 0.4) is 0 Å². The van der Waals surface area contributed by atoms with Crippen molar-refractivity contribution in [2.75, 3.05) is 32.9 Å². The van der Waals surface area contributed by atoms with Crippen molar-refractivity contribution in [2.45, 2.75) is 6.42 Å². The molecule has 0 atom stereocenters. The van der Waals surface area contributed by atoms with E-state index in [1.165, 1.54) is 18.2 Å². The van der Waals surface area contributed by atoms with E-state index in [0.29, 0.717) is 13.2 Å². The first-order chi connectivity index (χ1) is 10.1. The molecule has 21 heavy (non-hydrogen) atoms. The number of carbonyl (C=O) groups excluding carboxylic acids is 2. The number of rotatable bonds is 9. The maximum Gasteiger partial charge on any atom is 0.254 e. The number of nitrogens with one attached hydrogen (secondary N) is 2. The van der Waals surface area contributed by atoms with Gasteiger partial charge >= 0.3 is 0 Å². The minimum atomic E-state index is -0.597. The molecule has 0 spiro atoms. The normalized spacial score (nSPS) is 10.2. The summed E-state index contributed by atoms with van der Waals surface area (Å²) in [5.74, 6) is -1.39. The van der Waals surface area contributed by atoms with Crippen LogP contribution in [0.5, 0.6) is 0 Å². The average molecular weight is 298 g/mol. The van der Waals surface area contributed by atoms with Gasteiger partial charge in [0.25, 0.3) is 5.91 Å². The van der Waals surface area contributed by atoms with Crippen LogP contribution in [-0.4, -0.2) is 49.8 Å². The number of hydrogen-bond donors (Lipinski definition) is 3. The summed E-state index contributed by atoms with van der Waals surface area (Å²) in [6.07, 6.45) is 0.0974. The van der Waals surface area contributed by atoms with Crippen molar-refractivity contribution in [3.63, 3.8) is 0 Å². The molecule has 0 aliphatic heterocycles. The Bertz CT molecular complexity index is 468. The quantitative estimate of drug-likeness (QED) is 0.563. The third-order valence-corrected chi connectivity index (χ3v) is 2.56. The van der Waals surface area contributed by atoms with Crippen LogP contribution in [0.25, 0.3) is 0 Å². The Morgan fingerprint density at radius 3 is 2.62 bits per heavy atom. The fraction of sp³-hybridized carbons (Fsp3) is 0.429. The molecule has 0 saturated carbocycles. The minimum Gasteiger partial charge on any atom is -0.394 e. The molecule has 0 aliphatic rings. The van der Waals surface area contributed by atoms with Gasteiger partial charge in [-0.25, -0.2) is 4.39 Å². The lowest BCUT2D eigenvalue weighted by atomic mass is 10.2. The second-order valence-corrected chi connectivity index (χ2v) is 4.17. The van der Waals surface area contributed by atoms with Gasteiger partial charge in [-0.05, 0) is 12.1 Å². The highest BCUT2D eigenvalue weighted by Crippen LogP contribution is 2.05. The molecule has 1 rings (SSSR count). The predicted molar refractivity (Wildman–Crippen MR) is 74.3 cm³/mol. The highest BCUT2D eigenvalue weighted by Gasteiger charge is 2.10. The SMILES string of the molecule is O=C(CCNC(=O)c1ccccc1F)NCCOCCO. The summed E-state index contributed by atoms with van der Waals surface area (Å²) < 4.78 is 18.3. The molecule has 7 heteroatoms. The van der Waals surface area contributed by atoms with Crippen LogP contribution in [-0.2, 0) is 9.53 Å². The second kappa shape index (κ2) is 9.84. The van der Waals surface area contributed by atoms with Crippen molar-refractivity contribution in [3.8, 4) is 0 Å². The van der Waals surface area contributed by atoms with Gasteiger partial charge < -0.3 is 20.5 Å². The lowest BCUT2D eigenvalue weighted by Crippen LogP contribution is -2.32. The van der Waals surface area contributed by atoms with E-state index in [9.17, 15) is 14.0 Å². The predicted octanol–water partition coefficient (Wildman–Crippen LogP) is 0.0707. The Kier molecular flexibility index (Phi) is 8.00. The van der Waals surface area contributed by atoms with Crippen molar-refractivity contribution in [1.82, 2.24) is 10.6 Å². The lowest BCUT2D eigenvalue weighted by Gasteiger charge is -2.07. The number of carbonyl (C=O) groups is 2. The van der Waals surface area contributed by atoms with E-state index >= 15 is 0 Å². The Hall–Kier alpha value is -1.99. The number of amides is 2. The summed E-state index contributed by atoms with van der Waals surface area (Å²) >= 11 is 0. The molecule has 6 nitrogen and oxygen atoms in total. The van der Waals surface area contributed by atoms with Crippen molar-refractivity contribution in [3.05, 3.63) is 35.6 Å². The van der Waals surface area contributed by atoms with Gasteiger partial charge in [-0.3, -0.25) is 9.59 Å². The van der Waals surface area contributed by atoms with E-state index in [-0.39, 0.29) is 37.6 Å². The molecule has 0 aliphatic carbocycles. The molecule has 0 fully saturated rings. The van der Waals surface area contributed by atoms with Crippen LogP contribution in [0.1, 0.15) is 16.8 Å². The van der Waals surface area contributed by atoms with E-state index in [4.69, 9.17) is 9.84 Å². The van der Waals surface area contributed by atoms with Crippen LogP contribution >= 0.6 is 0 Å². The highest BCUT2D eigenvalue weighted by molar-refractivity contribution is 5.94. The molecular weight excluding hydrogens is 279 g/mol. The summed E-state index contributed by atoms with van der Waals surface area (Å²) in [5.41, 5.74) is -0.0460. The molecule has 0 heterocycles. The zero-order valence-corrected chi connectivity index (χ0v) is 11.6. The smallest absolute Gasteiger partial charge is 0.254 e. The monoisotopic (exact) mass is 298 g/mol. The maximum atomic E-state index is 13.3. The molecule has 3 N–H and O–H groups in total. The van der Waals surface area contributed by atoms with Crippen LogP contribution < -0.4 is 10.6 Å². The summed E-state index contributed by atoms with van der Waals surface area (Å²) in [6, 6.07) is 5.65. The molecule has 0 saturated heterocycles. The van der Waals surface area contributed by atoms with Gasteiger partial charge in [0, 0.05) is 19.5 Å². The first-order valence-electron chi connectivity index (χ1n) is 6.63. The second-order valence-electron chi connectivity index (χ2n) is 4.17. The van der Waals surface area contributed by atoms with Crippen molar-refractivity contribution >= 4 is 11.8 Å². The van der Waals surface area contributed by atoms with Gasteiger partial charge in [-0.2, -0.15) is 0 Å². The molecular formula is C14H19FN2O4.